The molecule has 3 aromatic carbocycles. The number of amides is 1. The minimum atomic E-state index is -0.257. The van der Waals surface area contributed by atoms with E-state index < -0.39 is 0 Å². The van der Waals surface area contributed by atoms with Crippen molar-refractivity contribution in [3.63, 3.8) is 0 Å². The lowest BCUT2D eigenvalue weighted by molar-refractivity contribution is 0.102. The van der Waals surface area contributed by atoms with E-state index in [1.165, 1.54) is 6.33 Å². The fourth-order valence-electron chi connectivity index (χ4n) is 3.81. The number of nitrogens with zero attached hydrogens (tertiary/aromatic N) is 4. The van der Waals surface area contributed by atoms with Gasteiger partial charge in [0.25, 0.3) is 5.91 Å². The Morgan fingerprint density at radius 3 is 2.50 bits per heavy atom. The highest BCUT2D eigenvalue weighted by atomic mass is 16.5. The number of anilines is 1. The number of nitrogens with one attached hydrogen (secondary N) is 1. The van der Waals surface area contributed by atoms with Gasteiger partial charge in [0.05, 0.1) is 42.4 Å². The van der Waals surface area contributed by atoms with Crippen molar-refractivity contribution in [3.8, 4) is 28.4 Å². The first kappa shape index (κ1) is 21.1. The summed E-state index contributed by atoms with van der Waals surface area (Å²) < 4.78 is 12.4. The van der Waals surface area contributed by atoms with E-state index in [9.17, 15) is 4.79 Å². The highest BCUT2D eigenvalue weighted by molar-refractivity contribution is 6.13. The second-order valence-electron chi connectivity index (χ2n) is 7.45. The summed E-state index contributed by atoms with van der Waals surface area (Å²) in [6.07, 6.45) is 3.03. The van der Waals surface area contributed by atoms with E-state index in [1.54, 1.807) is 31.3 Å². The molecule has 0 atom stereocenters. The maximum atomic E-state index is 13.5. The summed E-state index contributed by atoms with van der Waals surface area (Å²) in [6.45, 7) is 0. The summed E-state index contributed by atoms with van der Waals surface area (Å²) in [6, 6.07) is 22.3. The molecule has 2 heterocycles. The van der Waals surface area contributed by atoms with Gasteiger partial charge in [-0.15, -0.1) is 0 Å². The minimum Gasteiger partial charge on any atom is -0.493 e. The molecule has 0 aliphatic carbocycles. The van der Waals surface area contributed by atoms with Crippen molar-refractivity contribution in [2.24, 2.45) is 0 Å². The van der Waals surface area contributed by atoms with Crippen molar-refractivity contribution in [2.75, 3.05) is 19.5 Å². The molecule has 5 rings (SSSR count). The van der Waals surface area contributed by atoms with Crippen LogP contribution in [-0.2, 0) is 0 Å². The molecule has 0 aliphatic rings. The number of hydrogen-bond donors (Lipinski definition) is 1. The lowest BCUT2D eigenvalue weighted by atomic mass is 10.0. The summed E-state index contributed by atoms with van der Waals surface area (Å²) in [5, 5.41) is 7.96. The number of fused-ring (bicyclic) bond motifs is 1. The van der Waals surface area contributed by atoms with Gasteiger partial charge in [0.15, 0.2) is 11.5 Å². The van der Waals surface area contributed by atoms with Crippen molar-refractivity contribution in [2.45, 2.75) is 0 Å². The maximum absolute atomic E-state index is 13.5. The fraction of sp³-hybridized carbons (Fsp3) is 0.0769. The summed E-state index contributed by atoms with van der Waals surface area (Å²) >= 11 is 0. The topological polar surface area (TPSA) is 91.2 Å². The van der Waals surface area contributed by atoms with E-state index in [0.717, 1.165) is 10.9 Å². The Bertz CT molecular complexity index is 1480. The smallest absolute Gasteiger partial charge is 0.256 e. The minimum absolute atomic E-state index is 0.257. The normalized spacial score (nSPS) is 10.8. The van der Waals surface area contributed by atoms with Crippen LogP contribution in [0.5, 0.6) is 11.5 Å². The van der Waals surface area contributed by atoms with E-state index in [4.69, 9.17) is 14.5 Å². The number of carbonyl (C=O) groups excluding carboxylic acids is 1. The number of methoxy groups -OCH3 is 2. The quantitative estimate of drug-likeness (QED) is 0.401. The van der Waals surface area contributed by atoms with Crippen molar-refractivity contribution in [1.29, 1.82) is 0 Å². The SMILES string of the molecule is COc1ccc(-c2cc(C(=O)Nc3ccccc3-n3cncn3)c3ccccc3n2)cc1OC. The van der Waals surface area contributed by atoms with Gasteiger partial charge in [-0.1, -0.05) is 30.3 Å². The van der Waals surface area contributed by atoms with Gasteiger partial charge in [0.1, 0.15) is 12.7 Å². The van der Waals surface area contributed by atoms with Crippen LogP contribution in [0.1, 0.15) is 10.4 Å². The van der Waals surface area contributed by atoms with Crippen LogP contribution < -0.4 is 14.8 Å². The van der Waals surface area contributed by atoms with Gasteiger partial charge in [0.2, 0.25) is 0 Å². The zero-order valence-electron chi connectivity index (χ0n) is 18.6. The van der Waals surface area contributed by atoms with Gasteiger partial charge in [-0.05, 0) is 42.5 Å². The van der Waals surface area contributed by atoms with E-state index in [1.807, 2.05) is 66.7 Å². The molecule has 0 saturated heterocycles. The van der Waals surface area contributed by atoms with E-state index in [-0.39, 0.29) is 5.91 Å². The second-order valence-corrected chi connectivity index (χ2v) is 7.45. The Balaban J connectivity index is 1.59. The van der Waals surface area contributed by atoms with Gasteiger partial charge in [-0.25, -0.2) is 14.6 Å². The zero-order valence-corrected chi connectivity index (χ0v) is 18.6. The molecule has 168 valence electrons. The Morgan fingerprint density at radius 1 is 0.912 bits per heavy atom. The van der Waals surface area contributed by atoms with E-state index >= 15 is 0 Å². The molecule has 0 radical (unpaired) electrons. The number of hydrogen-bond acceptors (Lipinski definition) is 6. The molecule has 8 heteroatoms. The average Bonchev–Trinajstić information content (AvgIpc) is 3.42. The number of rotatable bonds is 6. The molecule has 0 unspecified atom stereocenters. The molecule has 0 aliphatic heterocycles. The molecular weight excluding hydrogens is 430 g/mol. The lowest BCUT2D eigenvalue weighted by Crippen LogP contribution is -2.15. The molecule has 34 heavy (non-hydrogen) atoms. The number of aromatic nitrogens is 4. The predicted octanol–water partition coefficient (Wildman–Crippen LogP) is 4.75. The number of carbonyl (C=O) groups is 1. The summed E-state index contributed by atoms with van der Waals surface area (Å²) in [7, 11) is 3.17. The van der Waals surface area contributed by atoms with Crippen molar-refractivity contribution >= 4 is 22.5 Å². The van der Waals surface area contributed by atoms with Crippen molar-refractivity contribution in [3.05, 3.63) is 91.0 Å². The van der Waals surface area contributed by atoms with Crippen LogP contribution in [-0.4, -0.2) is 39.9 Å². The maximum Gasteiger partial charge on any atom is 0.256 e. The number of para-hydroxylation sites is 3. The standard InChI is InChI=1S/C26H21N5O3/c1-33-24-12-11-17(13-25(24)34-2)22-14-19(18-7-3-4-8-20(18)29-22)26(32)30-21-9-5-6-10-23(21)31-16-27-15-28-31/h3-16H,1-2H3,(H,30,32). The highest BCUT2D eigenvalue weighted by Gasteiger charge is 2.17. The van der Waals surface area contributed by atoms with Gasteiger partial charge < -0.3 is 14.8 Å². The van der Waals surface area contributed by atoms with Gasteiger partial charge in [-0.3, -0.25) is 4.79 Å². The highest BCUT2D eigenvalue weighted by Crippen LogP contribution is 2.33. The van der Waals surface area contributed by atoms with Crippen LogP contribution in [0.2, 0.25) is 0 Å². The largest absolute Gasteiger partial charge is 0.493 e. The third-order valence-corrected chi connectivity index (χ3v) is 5.46. The second kappa shape index (κ2) is 9.03. The third kappa shape index (κ3) is 3.93. The molecule has 8 nitrogen and oxygen atoms in total. The molecule has 0 saturated carbocycles. The number of ether oxygens (including phenoxy) is 2. The number of pyridine rings is 1. The fourth-order valence-corrected chi connectivity index (χ4v) is 3.81. The average molecular weight is 451 g/mol. The monoisotopic (exact) mass is 451 g/mol. The summed E-state index contributed by atoms with van der Waals surface area (Å²) in [5.41, 5.74) is 4.00. The van der Waals surface area contributed by atoms with Crippen LogP contribution in [0.15, 0.2) is 85.5 Å². The molecule has 2 aromatic heterocycles. The van der Waals surface area contributed by atoms with Crippen LogP contribution in [0.3, 0.4) is 0 Å². The molecule has 0 spiro atoms. The van der Waals surface area contributed by atoms with E-state index in [2.05, 4.69) is 15.4 Å². The van der Waals surface area contributed by atoms with Crippen LogP contribution in [0.25, 0.3) is 27.8 Å². The summed E-state index contributed by atoms with van der Waals surface area (Å²) in [5.74, 6) is 0.949. The predicted molar refractivity (Wildman–Crippen MR) is 130 cm³/mol. The number of benzene rings is 3. The van der Waals surface area contributed by atoms with Crippen LogP contribution in [0, 0.1) is 0 Å². The Hall–Kier alpha value is -4.72. The van der Waals surface area contributed by atoms with E-state index in [0.29, 0.717) is 39.6 Å². The molecule has 5 aromatic rings. The lowest BCUT2D eigenvalue weighted by Gasteiger charge is -2.14. The first-order chi connectivity index (χ1) is 16.7. The third-order valence-electron chi connectivity index (χ3n) is 5.46. The molecule has 1 N–H and O–H groups in total. The Labute approximate surface area is 195 Å². The molecule has 1 amide bonds. The molecule has 0 fully saturated rings. The summed E-state index contributed by atoms with van der Waals surface area (Å²) in [4.78, 5) is 22.3. The van der Waals surface area contributed by atoms with Gasteiger partial charge in [-0.2, -0.15) is 5.10 Å². The van der Waals surface area contributed by atoms with Gasteiger partial charge in [0, 0.05) is 10.9 Å². The Kier molecular flexibility index (Phi) is 5.61. The van der Waals surface area contributed by atoms with Crippen molar-refractivity contribution < 1.29 is 14.3 Å². The first-order valence-electron chi connectivity index (χ1n) is 10.6. The molecular formula is C26H21N5O3. The van der Waals surface area contributed by atoms with Gasteiger partial charge >= 0.3 is 0 Å². The Morgan fingerprint density at radius 2 is 1.71 bits per heavy atom. The molecule has 0 bridgehead atoms. The van der Waals surface area contributed by atoms with Crippen LogP contribution in [0.4, 0.5) is 5.69 Å². The van der Waals surface area contributed by atoms with Crippen LogP contribution >= 0.6 is 0 Å². The first-order valence-corrected chi connectivity index (χ1v) is 10.6. The van der Waals surface area contributed by atoms with Crippen molar-refractivity contribution in [1.82, 2.24) is 19.7 Å². The zero-order chi connectivity index (χ0) is 23.5.